The molecule has 0 unspecified atom stereocenters. The lowest BCUT2D eigenvalue weighted by molar-refractivity contribution is 0.156. The van der Waals surface area contributed by atoms with Gasteiger partial charge in [0, 0.05) is 19.2 Å². The molecule has 1 aromatic heterocycles. The Kier molecular flexibility index (Phi) is 5.25. The Morgan fingerprint density at radius 2 is 1.94 bits per heavy atom. The van der Waals surface area contributed by atoms with Crippen molar-refractivity contribution in [2.24, 2.45) is 0 Å². The third-order valence-electron chi connectivity index (χ3n) is 2.55. The van der Waals surface area contributed by atoms with Gasteiger partial charge in [0.15, 0.2) is 0 Å². The van der Waals surface area contributed by atoms with Crippen LogP contribution < -0.4 is 10.2 Å². The number of halogens is 2. The minimum Gasteiger partial charge on any atom is -0.370 e. The zero-order chi connectivity index (χ0) is 13.7. The number of anilines is 2. The van der Waals surface area contributed by atoms with Crippen LogP contribution in [-0.4, -0.2) is 36.5 Å². The summed E-state index contributed by atoms with van der Waals surface area (Å²) >= 11 is 0. The highest BCUT2D eigenvalue weighted by atomic mass is 19.3. The van der Waals surface area contributed by atoms with E-state index in [9.17, 15) is 8.78 Å². The standard InChI is InChI=1S/C12H20F2N4/c1-5-6-15-11-8(2)12(17-9(3)16-11)18(4)7-10(13)14/h10H,5-7H2,1-4H3,(H,15,16,17). The molecule has 102 valence electrons. The summed E-state index contributed by atoms with van der Waals surface area (Å²) in [4.78, 5) is 10.00. The number of hydrogen-bond acceptors (Lipinski definition) is 4. The molecule has 0 aromatic carbocycles. The molecule has 0 aliphatic heterocycles. The summed E-state index contributed by atoms with van der Waals surface area (Å²) in [5.41, 5.74) is 0.803. The molecule has 18 heavy (non-hydrogen) atoms. The van der Waals surface area contributed by atoms with Gasteiger partial charge in [0.25, 0.3) is 6.43 Å². The molecule has 0 bridgehead atoms. The van der Waals surface area contributed by atoms with Crippen LogP contribution in [0.4, 0.5) is 20.4 Å². The molecule has 1 rings (SSSR count). The molecule has 1 heterocycles. The van der Waals surface area contributed by atoms with Gasteiger partial charge in [-0.25, -0.2) is 18.7 Å². The lowest BCUT2D eigenvalue weighted by Crippen LogP contribution is -2.26. The van der Waals surface area contributed by atoms with Crippen LogP contribution in [0.3, 0.4) is 0 Å². The molecule has 0 aliphatic carbocycles. The van der Waals surface area contributed by atoms with E-state index in [2.05, 4.69) is 22.2 Å². The normalized spacial score (nSPS) is 10.8. The van der Waals surface area contributed by atoms with E-state index in [0.29, 0.717) is 11.6 Å². The Hall–Kier alpha value is -1.46. The zero-order valence-electron chi connectivity index (χ0n) is 11.3. The Balaban J connectivity index is 3.00. The topological polar surface area (TPSA) is 41.1 Å². The summed E-state index contributed by atoms with van der Waals surface area (Å²) in [5.74, 6) is 1.86. The van der Waals surface area contributed by atoms with E-state index in [4.69, 9.17) is 0 Å². The Morgan fingerprint density at radius 3 is 2.50 bits per heavy atom. The summed E-state index contributed by atoms with van der Waals surface area (Å²) in [7, 11) is 1.62. The van der Waals surface area contributed by atoms with E-state index < -0.39 is 6.43 Å². The average molecular weight is 258 g/mol. The van der Waals surface area contributed by atoms with Gasteiger partial charge >= 0.3 is 0 Å². The average Bonchev–Trinajstić information content (AvgIpc) is 2.28. The third-order valence-corrected chi connectivity index (χ3v) is 2.55. The largest absolute Gasteiger partial charge is 0.370 e. The maximum Gasteiger partial charge on any atom is 0.255 e. The van der Waals surface area contributed by atoms with Crippen molar-refractivity contribution >= 4 is 11.6 Å². The van der Waals surface area contributed by atoms with Crippen molar-refractivity contribution in [3.63, 3.8) is 0 Å². The Bertz CT molecular complexity index is 396. The smallest absolute Gasteiger partial charge is 0.255 e. The van der Waals surface area contributed by atoms with E-state index in [-0.39, 0.29) is 6.54 Å². The number of aryl methyl sites for hydroxylation is 1. The SMILES string of the molecule is CCCNc1nc(C)nc(N(C)CC(F)F)c1C. The number of rotatable bonds is 6. The molecule has 4 nitrogen and oxygen atoms in total. The lowest BCUT2D eigenvalue weighted by atomic mass is 10.2. The van der Waals surface area contributed by atoms with Crippen molar-refractivity contribution in [1.29, 1.82) is 0 Å². The second-order valence-corrected chi connectivity index (χ2v) is 4.27. The summed E-state index contributed by atoms with van der Waals surface area (Å²) in [6.07, 6.45) is -1.40. The van der Waals surface area contributed by atoms with Gasteiger partial charge in [-0.3, -0.25) is 0 Å². The molecule has 0 fully saturated rings. The van der Waals surface area contributed by atoms with Crippen LogP contribution in [0.1, 0.15) is 24.7 Å². The second-order valence-electron chi connectivity index (χ2n) is 4.27. The fourth-order valence-electron chi connectivity index (χ4n) is 1.69. The summed E-state index contributed by atoms with van der Waals surface area (Å²) in [5, 5.41) is 3.19. The first-order chi connectivity index (χ1) is 8.45. The molecule has 6 heteroatoms. The van der Waals surface area contributed by atoms with Crippen LogP contribution >= 0.6 is 0 Å². The molecule has 0 radical (unpaired) electrons. The Morgan fingerprint density at radius 1 is 1.28 bits per heavy atom. The number of nitrogens with zero attached hydrogens (tertiary/aromatic N) is 3. The van der Waals surface area contributed by atoms with Crippen molar-refractivity contribution in [3.05, 3.63) is 11.4 Å². The zero-order valence-corrected chi connectivity index (χ0v) is 11.3. The summed E-state index contributed by atoms with van der Waals surface area (Å²) < 4.78 is 24.8. The number of alkyl halides is 2. The molecular weight excluding hydrogens is 238 g/mol. The first-order valence-corrected chi connectivity index (χ1v) is 6.04. The van der Waals surface area contributed by atoms with Crippen molar-refractivity contribution in [3.8, 4) is 0 Å². The van der Waals surface area contributed by atoms with Gasteiger partial charge in [0.1, 0.15) is 17.5 Å². The van der Waals surface area contributed by atoms with Crippen LogP contribution in [-0.2, 0) is 0 Å². The van der Waals surface area contributed by atoms with E-state index in [1.807, 2.05) is 6.92 Å². The minimum absolute atomic E-state index is 0.329. The molecule has 1 aromatic rings. The van der Waals surface area contributed by atoms with Gasteiger partial charge in [0.2, 0.25) is 0 Å². The predicted octanol–water partition coefficient (Wildman–Crippen LogP) is 2.62. The predicted molar refractivity (Wildman–Crippen MR) is 69.6 cm³/mol. The molecule has 0 atom stereocenters. The number of nitrogens with one attached hydrogen (secondary N) is 1. The Labute approximate surface area is 106 Å². The van der Waals surface area contributed by atoms with E-state index >= 15 is 0 Å². The quantitative estimate of drug-likeness (QED) is 0.851. The van der Waals surface area contributed by atoms with Crippen LogP contribution in [0.25, 0.3) is 0 Å². The monoisotopic (exact) mass is 258 g/mol. The minimum atomic E-state index is -2.38. The van der Waals surface area contributed by atoms with Gasteiger partial charge in [-0.1, -0.05) is 6.92 Å². The van der Waals surface area contributed by atoms with Gasteiger partial charge in [-0.05, 0) is 20.3 Å². The lowest BCUT2D eigenvalue weighted by Gasteiger charge is -2.21. The number of hydrogen-bond donors (Lipinski definition) is 1. The van der Waals surface area contributed by atoms with Crippen LogP contribution in [0.2, 0.25) is 0 Å². The maximum atomic E-state index is 12.4. The fourth-order valence-corrected chi connectivity index (χ4v) is 1.69. The fraction of sp³-hybridized carbons (Fsp3) is 0.667. The highest BCUT2D eigenvalue weighted by Crippen LogP contribution is 2.23. The first-order valence-electron chi connectivity index (χ1n) is 6.04. The van der Waals surface area contributed by atoms with Crippen molar-refractivity contribution in [2.75, 3.05) is 30.4 Å². The molecule has 0 spiro atoms. The van der Waals surface area contributed by atoms with E-state index in [0.717, 1.165) is 24.3 Å². The van der Waals surface area contributed by atoms with Crippen LogP contribution in [0.15, 0.2) is 0 Å². The third kappa shape index (κ3) is 3.78. The highest BCUT2D eigenvalue weighted by Gasteiger charge is 2.15. The first kappa shape index (κ1) is 14.6. The molecule has 0 saturated carbocycles. The van der Waals surface area contributed by atoms with Gasteiger partial charge in [-0.2, -0.15) is 0 Å². The van der Waals surface area contributed by atoms with Crippen molar-refractivity contribution in [1.82, 2.24) is 9.97 Å². The highest BCUT2D eigenvalue weighted by molar-refractivity contribution is 5.58. The van der Waals surface area contributed by atoms with Gasteiger partial charge in [0.05, 0.1) is 6.54 Å². The van der Waals surface area contributed by atoms with Crippen LogP contribution in [0, 0.1) is 13.8 Å². The van der Waals surface area contributed by atoms with Crippen molar-refractivity contribution < 1.29 is 8.78 Å². The second kappa shape index (κ2) is 6.47. The molecule has 0 amide bonds. The maximum absolute atomic E-state index is 12.4. The number of aromatic nitrogens is 2. The molecular formula is C12H20F2N4. The molecule has 0 saturated heterocycles. The van der Waals surface area contributed by atoms with Gasteiger partial charge in [-0.15, -0.1) is 0 Å². The van der Waals surface area contributed by atoms with Crippen LogP contribution in [0.5, 0.6) is 0 Å². The molecule has 1 N–H and O–H groups in total. The van der Waals surface area contributed by atoms with E-state index in [1.165, 1.54) is 4.90 Å². The molecule has 0 aliphatic rings. The van der Waals surface area contributed by atoms with Gasteiger partial charge < -0.3 is 10.2 Å². The summed E-state index contributed by atoms with van der Waals surface area (Å²) in [6.45, 7) is 6.13. The van der Waals surface area contributed by atoms with E-state index in [1.54, 1.807) is 14.0 Å². The summed E-state index contributed by atoms with van der Waals surface area (Å²) in [6, 6.07) is 0. The van der Waals surface area contributed by atoms with Crippen molar-refractivity contribution in [2.45, 2.75) is 33.6 Å².